The molecule has 0 aliphatic rings. The molecule has 0 radical (unpaired) electrons. The number of methoxy groups -OCH3 is 1. The van der Waals surface area contributed by atoms with Crippen molar-refractivity contribution in [3.05, 3.63) is 77.6 Å². The minimum Gasteiger partial charge on any atom is -0.496 e. The van der Waals surface area contributed by atoms with Crippen LogP contribution in [0.15, 0.2) is 60.9 Å². The lowest BCUT2D eigenvalue weighted by Gasteiger charge is -2.16. The van der Waals surface area contributed by atoms with Gasteiger partial charge in [-0.1, -0.05) is 50.6 Å². The maximum atomic E-state index is 12.7. The Morgan fingerprint density at radius 3 is 2.61 bits per heavy atom. The van der Waals surface area contributed by atoms with Gasteiger partial charge >= 0.3 is 0 Å². The molecule has 1 heterocycles. The molecule has 1 amide bonds. The zero-order valence-electron chi connectivity index (χ0n) is 20.1. The summed E-state index contributed by atoms with van der Waals surface area (Å²) in [5.74, 6) is 0.796. The molecule has 0 aliphatic heterocycles. The highest BCUT2D eigenvalue weighted by Crippen LogP contribution is 2.33. The fourth-order valence-corrected chi connectivity index (χ4v) is 4.26. The molecule has 0 unspecified atom stereocenters. The Hall–Kier alpha value is -3.14. The molecule has 1 N–H and O–H groups in total. The van der Waals surface area contributed by atoms with Crippen LogP contribution in [0, 0.1) is 0 Å². The summed E-state index contributed by atoms with van der Waals surface area (Å²) in [6, 6.07) is 14.6. The van der Waals surface area contributed by atoms with Crippen molar-refractivity contribution in [1.82, 2.24) is 10.3 Å². The van der Waals surface area contributed by atoms with E-state index in [0.717, 1.165) is 61.6 Å². The van der Waals surface area contributed by atoms with Crippen LogP contribution >= 0.6 is 0 Å². The Balaban J connectivity index is 1.70. The number of amides is 1. The summed E-state index contributed by atoms with van der Waals surface area (Å²) in [5, 5.41) is 5.50. The predicted octanol–water partition coefficient (Wildman–Crippen LogP) is 6.52. The van der Waals surface area contributed by atoms with Gasteiger partial charge in [-0.25, -0.2) is 0 Å². The number of hydrogen-bond acceptors (Lipinski definition) is 3. The molecule has 174 valence electrons. The summed E-state index contributed by atoms with van der Waals surface area (Å²) in [4.78, 5) is 16.9. The minimum absolute atomic E-state index is 0.0446. The first-order valence-electron chi connectivity index (χ1n) is 12.1. The molecule has 0 fully saturated rings. The second-order valence-electron chi connectivity index (χ2n) is 8.50. The number of fused-ring (bicyclic) bond motifs is 1. The Bertz CT molecular complexity index is 1060. The van der Waals surface area contributed by atoms with Crippen molar-refractivity contribution < 1.29 is 9.53 Å². The summed E-state index contributed by atoms with van der Waals surface area (Å²) in [5.41, 5.74) is 3.57. The number of pyridine rings is 1. The number of aromatic nitrogens is 1. The van der Waals surface area contributed by atoms with Gasteiger partial charge in [-0.2, -0.15) is 0 Å². The van der Waals surface area contributed by atoms with Gasteiger partial charge < -0.3 is 10.1 Å². The van der Waals surface area contributed by atoms with Crippen molar-refractivity contribution >= 4 is 22.8 Å². The standard InChI is InChI=1S/C29H36N2O2/c1-4-6-14-25-23(20-28(33-3)27-16-8-7-15-26(25)27)17-18-29(32)31-24(5-2)13-9-11-22-12-10-19-30-21-22/h7-8,10,12,15-21,24H,4-6,9,11,13-14H2,1-3H3,(H,31,32)/b18-17+/t24-/m1/s1. The second-order valence-corrected chi connectivity index (χ2v) is 8.50. The molecule has 4 heteroatoms. The third-order valence-corrected chi connectivity index (χ3v) is 6.15. The molecule has 0 saturated carbocycles. The van der Waals surface area contributed by atoms with Crippen LogP contribution in [0.3, 0.4) is 0 Å². The van der Waals surface area contributed by atoms with E-state index in [1.807, 2.05) is 24.4 Å². The van der Waals surface area contributed by atoms with Gasteiger partial charge in [0.15, 0.2) is 0 Å². The van der Waals surface area contributed by atoms with E-state index in [4.69, 9.17) is 4.74 Å². The zero-order chi connectivity index (χ0) is 23.5. The molecule has 1 aromatic heterocycles. The molecular formula is C29H36N2O2. The van der Waals surface area contributed by atoms with Gasteiger partial charge in [-0.15, -0.1) is 0 Å². The van der Waals surface area contributed by atoms with E-state index in [1.165, 1.54) is 16.5 Å². The van der Waals surface area contributed by atoms with Crippen LogP contribution < -0.4 is 10.1 Å². The molecule has 3 rings (SSSR count). The van der Waals surface area contributed by atoms with Crippen LogP contribution in [0.2, 0.25) is 0 Å². The first kappa shape index (κ1) is 24.5. The third kappa shape index (κ3) is 6.92. The van der Waals surface area contributed by atoms with Crippen LogP contribution in [0.4, 0.5) is 0 Å². The molecule has 33 heavy (non-hydrogen) atoms. The number of nitrogens with zero attached hydrogens (tertiary/aromatic N) is 1. The number of rotatable bonds is 12. The van der Waals surface area contributed by atoms with Crippen molar-refractivity contribution in [2.45, 2.75) is 64.8 Å². The Morgan fingerprint density at radius 2 is 1.91 bits per heavy atom. The van der Waals surface area contributed by atoms with E-state index in [2.05, 4.69) is 54.5 Å². The summed E-state index contributed by atoms with van der Waals surface area (Å²) in [7, 11) is 1.70. The SMILES string of the molecule is CCCCc1c(/C=C/C(=O)N[C@H](CC)CCCc2cccnc2)cc(OC)c2ccccc12. The number of aryl methyl sites for hydroxylation is 2. The highest BCUT2D eigenvalue weighted by atomic mass is 16.5. The highest BCUT2D eigenvalue weighted by Gasteiger charge is 2.12. The van der Waals surface area contributed by atoms with Gasteiger partial charge in [0.2, 0.25) is 5.91 Å². The second kappa shape index (κ2) is 12.8. The van der Waals surface area contributed by atoms with Crippen LogP contribution in [-0.4, -0.2) is 24.0 Å². The lowest BCUT2D eigenvalue weighted by Crippen LogP contribution is -2.33. The van der Waals surface area contributed by atoms with Gasteiger partial charge in [0, 0.05) is 29.9 Å². The fourth-order valence-electron chi connectivity index (χ4n) is 4.26. The normalized spacial score (nSPS) is 12.2. The van der Waals surface area contributed by atoms with Crippen LogP contribution in [0.25, 0.3) is 16.8 Å². The molecule has 4 nitrogen and oxygen atoms in total. The van der Waals surface area contributed by atoms with Crippen molar-refractivity contribution in [3.63, 3.8) is 0 Å². The Morgan fingerprint density at radius 1 is 1.09 bits per heavy atom. The molecular weight excluding hydrogens is 408 g/mol. The van der Waals surface area contributed by atoms with Gasteiger partial charge in [-0.05, 0) is 78.8 Å². The van der Waals surface area contributed by atoms with E-state index in [0.29, 0.717) is 0 Å². The quantitative estimate of drug-likeness (QED) is 0.324. The van der Waals surface area contributed by atoms with Crippen LogP contribution in [0.1, 0.15) is 62.6 Å². The summed E-state index contributed by atoms with van der Waals surface area (Å²) >= 11 is 0. The predicted molar refractivity (Wildman–Crippen MR) is 138 cm³/mol. The molecule has 0 aliphatic carbocycles. The monoisotopic (exact) mass is 444 g/mol. The summed E-state index contributed by atoms with van der Waals surface area (Å²) in [6.45, 7) is 4.32. The van der Waals surface area contributed by atoms with Crippen molar-refractivity contribution in [1.29, 1.82) is 0 Å². The number of ether oxygens (including phenoxy) is 1. The smallest absolute Gasteiger partial charge is 0.244 e. The van der Waals surface area contributed by atoms with Gasteiger partial charge in [0.1, 0.15) is 5.75 Å². The number of hydrogen-bond donors (Lipinski definition) is 1. The molecule has 3 aromatic rings. The van der Waals surface area contributed by atoms with E-state index >= 15 is 0 Å². The Labute approximate surface area is 198 Å². The third-order valence-electron chi connectivity index (χ3n) is 6.15. The zero-order valence-corrected chi connectivity index (χ0v) is 20.1. The number of carbonyl (C=O) groups is 1. The lowest BCUT2D eigenvalue weighted by atomic mass is 9.94. The molecule has 2 aromatic carbocycles. The van der Waals surface area contributed by atoms with Gasteiger partial charge in [-0.3, -0.25) is 9.78 Å². The van der Waals surface area contributed by atoms with Crippen LogP contribution in [0.5, 0.6) is 5.75 Å². The maximum absolute atomic E-state index is 12.7. The Kier molecular flexibility index (Phi) is 9.49. The molecule has 0 spiro atoms. The van der Waals surface area contributed by atoms with E-state index in [9.17, 15) is 4.79 Å². The molecule has 0 bridgehead atoms. The first-order chi connectivity index (χ1) is 16.2. The summed E-state index contributed by atoms with van der Waals surface area (Å²) in [6.07, 6.45) is 14.4. The van der Waals surface area contributed by atoms with Gasteiger partial charge in [0.05, 0.1) is 7.11 Å². The van der Waals surface area contributed by atoms with E-state index in [1.54, 1.807) is 19.4 Å². The highest BCUT2D eigenvalue weighted by molar-refractivity contribution is 5.96. The fraction of sp³-hybridized carbons (Fsp3) is 0.379. The molecule has 1 atom stereocenters. The van der Waals surface area contributed by atoms with E-state index in [-0.39, 0.29) is 11.9 Å². The summed E-state index contributed by atoms with van der Waals surface area (Å²) < 4.78 is 5.66. The lowest BCUT2D eigenvalue weighted by molar-refractivity contribution is -0.117. The number of unbranched alkanes of at least 4 members (excludes halogenated alkanes) is 1. The number of benzene rings is 2. The van der Waals surface area contributed by atoms with Crippen LogP contribution in [-0.2, 0) is 17.6 Å². The van der Waals surface area contributed by atoms with Crippen molar-refractivity contribution in [2.75, 3.05) is 7.11 Å². The van der Waals surface area contributed by atoms with Crippen molar-refractivity contribution in [2.24, 2.45) is 0 Å². The van der Waals surface area contributed by atoms with Gasteiger partial charge in [0.25, 0.3) is 0 Å². The number of nitrogens with one attached hydrogen (secondary N) is 1. The molecule has 0 saturated heterocycles. The van der Waals surface area contributed by atoms with Crippen molar-refractivity contribution in [3.8, 4) is 5.75 Å². The topological polar surface area (TPSA) is 51.2 Å². The van der Waals surface area contributed by atoms with E-state index < -0.39 is 0 Å². The first-order valence-corrected chi connectivity index (χ1v) is 12.1. The average molecular weight is 445 g/mol. The largest absolute Gasteiger partial charge is 0.496 e. The average Bonchev–Trinajstić information content (AvgIpc) is 2.86. The minimum atomic E-state index is -0.0446. The number of carbonyl (C=O) groups excluding carboxylic acids is 1. The maximum Gasteiger partial charge on any atom is 0.244 e.